The van der Waals surface area contributed by atoms with Crippen LogP contribution in [0.1, 0.15) is 10.4 Å². The van der Waals surface area contributed by atoms with Crippen molar-refractivity contribution in [1.29, 1.82) is 0 Å². The molecule has 104 valence electrons. The minimum Gasteiger partial charge on any atom is -0.492 e. The fraction of sp³-hybridized carbons (Fsp3) is 0.200. The van der Waals surface area contributed by atoms with Gasteiger partial charge in [-0.15, -0.1) is 0 Å². The molecular weight excluding hydrogens is 276 g/mol. The summed E-state index contributed by atoms with van der Waals surface area (Å²) in [4.78, 5) is 17.6. The van der Waals surface area contributed by atoms with Crippen molar-refractivity contribution in [3.63, 3.8) is 0 Å². The summed E-state index contributed by atoms with van der Waals surface area (Å²) in [5.41, 5.74) is 0.616. The Bertz CT molecular complexity index is 575. The highest BCUT2D eigenvalue weighted by atomic mass is 35.5. The summed E-state index contributed by atoms with van der Waals surface area (Å²) in [6, 6.07) is 10.6. The van der Waals surface area contributed by atoms with E-state index in [4.69, 9.17) is 16.3 Å². The molecule has 0 atom stereocenters. The minimum atomic E-state index is -0.0536. The van der Waals surface area contributed by atoms with E-state index in [2.05, 4.69) is 4.98 Å². The van der Waals surface area contributed by atoms with Gasteiger partial charge in [-0.3, -0.25) is 9.78 Å². The maximum absolute atomic E-state index is 12.1. The normalized spacial score (nSPS) is 10.1. The van der Waals surface area contributed by atoms with Gasteiger partial charge in [0.15, 0.2) is 0 Å². The summed E-state index contributed by atoms with van der Waals surface area (Å²) in [7, 11) is 1.74. The molecule has 0 bridgehead atoms. The zero-order valence-corrected chi connectivity index (χ0v) is 11.9. The number of aromatic nitrogens is 1. The van der Waals surface area contributed by atoms with Crippen LogP contribution < -0.4 is 4.74 Å². The van der Waals surface area contributed by atoms with Crippen LogP contribution >= 0.6 is 11.6 Å². The first-order chi connectivity index (χ1) is 9.66. The molecule has 0 N–H and O–H groups in total. The first-order valence-electron chi connectivity index (χ1n) is 6.20. The molecule has 20 heavy (non-hydrogen) atoms. The van der Waals surface area contributed by atoms with E-state index in [1.54, 1.807) is 48.6 Å². The first-order valence-corrected chi connectivity index (χ1v) is 6.58. The predicted molar refractivity (Wildman–Crippen MR) is 78.1 cm³/mol. The number of amides is 1. The molecule has 2 aromatic rings. The number of hydrogen-bond acceptors (Lipinski definition) is 3. The fourth-order valence-corrected chi connectivity index (χ4v) is 1.85. The van der Waals surface area contributed by atoms with Crippen molar-refractivity contribution in [1.82, 2.24) is 9.88 Å². The van der Waals surface area contributed by atoms with E-state index in [1.807, 2.05) is 12.1 Å². The van der Waals surface area contributed by atoms with Gasteiger partial charge in [0.1, 0.15) is 12.4 Å². The molecule has 0 saturated heterocycles. The zero-order valence-electron chi connectivity index (χ0n) is 11.1. The second kappa shape index (κ2) is 6.91. The maximum atomic E-state index is 12.1. The van der Waals surface area contributed by atoms with Crippen LogP contribution in [0.5, 0.6) is 5.75 Å². The van der Waals surface area contributed by atoms with Gasteiger partial charge in [-0.05, 0) is 30.3 Å². The number of hydrogen-bond donors (Lipinski definition) is 0. The SMILES string of the molecule is CN(CCOc1cccc(Cl)c1)C(=O)c1ccncc1. The maximum Gasteiger partial charge on any atom is 0.253 e. The Balaban J connectivity index is 1.83. The molecule has 1 heterocycles. The highest BCUT2D eigenvalue weighted by molar-refractivity contribution is 6.30. The van der Waals surface area contributed by atoms with E-state index in [0.29, 0.717) is 29.5 Å². The lowest BCUT2D eigenvalue weighted by Crippen LogP contribution is -2.30. The van der Waals surface area contributed by atoms with Gasteiger partial charge in [0.2, 0.25) is 0 Å². The van der Waals surface area contributed by atoms with Crippen molar-refractivity contribution >= 4 is 17.5 Å². The van der Waals surface area contributed by atoms with Gasteiger partial charge in [-0.1, -0.05) is 17.7 Å². The average Bonchev–Trinajstić information content (AvgIpc) is 2.47. The summed E-state index contributed by atoms with van der Waals surface area (Å²) in [5, 5.41) is 0.628. The Morgan fingerprint density at radius 1 is 1.30 bits per heavy atom. The van der Waals surface area contributed by atoms with E-state index in [0.717, 1.165) is 0 Å². The molecule has 4 nitrogen and oxygen atoms in total. The van der Waals surface area contributed by atoms with Crippen LogP contribution in [0.15, 0.2) is 48.8 Å². The van der Waals surface area contributed by atoms with Crippen molar-refractivity contribution in [2.24, 2.45) is 0 Å². The second-order valence-electron chi connectivity index (χ2n) is 4.27. The topological polar surface area (TPSA) is 42.4 Å². The molecule has 1 amide bonds. The Labute approximate surface area is 123 Å². The summed E-state index contributed by atoms with van der Waals surface area (Å²) in [6.07, 6.45) is 3.20. The lowest BCUT2D eigenvalue weighted by atomic mass is 10.2. The molecule has 5 heteroatoms. The van der Waals surface area contributed by atoms with Gasteiger partial charge >= 0.3 is 0 Å². The van der Waals surface area contributed by atoms with E-state index in [-0.39, 0.29) is 5.91 Å². The van der Waals surface area contributed by atoms with Gasteiger partial charge < -0.3 is 9.64 Å². The Morgan fingerprint density at radius 3 is 2.75 bits per heavy atom. The van der Waals surface area contributed by atoms with Crippen molar-refractivity contribution in [3.8, 4) is 5.75 Å². The monoisotopic (exact) mass is 290 g/mol. The number of nitrogens with zero attached hydrogens (tertiary/aromatic N) is 2. The number of halogens is 1. The lowest BCUT2D eigenvalue weighted by Gasteiger charge is -2.17. The van der Waals surface area contributed by atoms with Crippen LogP contribution in [0, 0.1) is 0 Å². The van der Waals surface area contributed by atoms with Crippen LogP contribution in [0.25, 0.3) is 0 Å². The van der Waals surface area contributed by atoms with Crippen LogP contribution in [0.3, 0.4) is 0 Å². The number of carbonyl (C=O) groups is 1. The largest absolute Gasteiger partial charge is 0.492 e. The van der Waals surface area contributed by atoms with Crippen molar-refractivity contribution < 1.29 is 9.53 Å². The number of likely N-dealkylation sites (N-methyl/N-ethyl adjacent to an activating group) is 1. The quantitative estimate of drug-likeness (QED) is 0.850. The standard InChI is InChI=1S/C15H15ClN2O2/c1-18(15(19)12-5-7-17-8-6-12)9-10-20-14-4-2-3-13(16)11-14/h2-8,11H,9-10H2,1H3. The molecule has 1 aromatic carbocycles. The average molecular weight is 291 g/mol. The summed E-state index contributed by atoms with van der Waals surface area (Å²) < 4.78 is 5.55. The molecule has 0 saturated carbocycles. The smallest absolute Gasteiger partial charge is 0.253 e. The lowest BCUT2D eigenvalue weighted by molar-refractivity contribution is 0.0773. The summed E-state index contributed by atoms with van der Waals surface area (Å²) >= 11 is 5.87. The van der Waals surface area contributed by atoms with E-state index < -0.39 is 0 Å². The number of carbonyl (C=O) groups excluding carboxylic acids is 1. The Morgan fingerprint density at radius 2 is 2.05 bits per heavy atom. The Hall–Kier alpha value is -2.07. The van der Waals surface area contributed by atoms with Crippen LogP contribution in [-0.4, -0.2) is 36.0 Å². The number of pyridine rings is 1. The highest BCUT2D eigenvalue weighted by Crippen LogP contribution is 2.16. The van der Waals surface area contributed by atoms with Crippen molar-refractivity contribution in [3.05, 3.63) is 59.4 Å². The van der Waals surface area contributed by atoms with Gasteiger partial charge in [-0.25, -0.2) is 0 Å². The van der Waals surface area contributed by atoms with Crippen LogP contribution in [0.4, 0.5) is 0 Å². The molecule has 0 aliphatic carbocycles. The van der Waals surface area contributed by atoms with Crippen molar-refractivity contribution in [2.75, 3.05) is 20.2 Å². The molecular formula is C15H15ClN2O2. The minimum absolute atomic E-state index is 0.0536. The number of rotatable bonds is 5. The van der Waals surface area contributed by atoms with E-state index in [9.17, 15) is 4.79 Å². The molecule has 1 aromatic heterocycles. The van der Waals surface area contributed by atoms with Gasteiger partial charge in [0.25, 0.3) is 5.91 Å². The first kappa shape index (κ1) is 14.3. The highest BCUT2D eigenvalue weighted by Gasteiger charge is 2.10. The number of benzene rings is 1. The molecule has 0 spiro atoms. The molecule has 0 aliphatic rings. The predicted octanol–water partition coefficient (Wildman–Crippen LogP) is 2.89. The van der Waals surface area contributed by atoms with Gasteiger partial charge in [0, 0.05) is 30.0 Å². The third kappa shape index (κ3) is 3.96. The van der Waals surface area contributed by atoms with Crippen molar-refractivity contribution in [2.45, 2.75) is 0 Å². The molecule has 2 rings (SSSR count). The van der Waals surface area contributed by atoms with E-state index in [1.165, 1.54) is 0 Å². The molecule has 0 radical (unpaired) electrons. The Kier molecular flexibility index (Phi) is 4.96. The molecule has 0 unspecified atom stereocenters. The molecule has 0 fully saturated rings. The third-order valence-electron chi connectivity index (χ3n) is 2.77. The van der Waals surface area contributed by atoms with E-state index >= 15 is 0 Å². The van der Waals surface area contributed by atoms with Gasteiger partial charge in [-0.2, -0.15) is 0 Å². The molecule has 0 aliphatic heterocycles. The zero-order chi connectivity index (χ0) is 14.4. The summed E-state index contributed by atoms with van der Waals surface area (Å²) in [6.45, 7) is 0.904. The summed E-state index contributed by atoms with van der Waals surface area (Å²) in [5.74, 6) is 0.643. The fourth-order valence-electron chi connectivity index (χ4n) is 1.67. The van der Waals surface area contributed by atoms with Crippen LogP contribution in [0.2, 0.25) is 5.02 Å². The second-order valence-corrected chi connectivity index (χ2v) is 4.70. The third-order valence-corrected chi connectivity index (χ3v) is 3.00. The van der Waals surface area contributed by atoms with Gasteiger partial charge in [0.05, 0.1) is 6.54 Å². The number of ether oxygens (including phenoxy) is 1. The van der Waals surface area contributed by atoms with Crippen LogP contribution in [-0.2, 0) is 0 Å².